The standard InChI is InChI=1S/C13H20N6OS/c1-2-12-15-13(21-17-12)14-10-5-3-4-6-11(10)19-7-9(8-20)16-18-19/h7,10-11,20H,2-6,8H2,1H3,(H,14,15,17)/t10-,11+/m0/s1. The first kappa shape index (κ1) is 14.4. The molecule has 1 aliphatic rings. The van der Waals surface area contributed by atoms with Crippen LogP contribution in [0.5, 0.6) is 0 Å². The zero-order valence-electron chi connectivity index (χ0n) is 12.1. The maximum absolute atomic E-state index is 9.13. The van der Waals surface area contributed by atoms with Gasteiger partial charge < -0.3 is 10.4 Å². The van der Waals surface area contributed by atoms with Crippen molar-refractivity contribution in [3.05, 3.63) is 17.7 Å². The molecule has 114 valence electrons. The molecule has 0 unspecified atom stereocenters. The molecular formula is C13H20N6OS. The summed E-state index contributed by atoms with van der Waals surface area (Å²) in [6.45, 7) is 1.99. The van der Waals surface area contributed by atoms with Gasteiger partial charge in [-0.1, -0.05) is 25.0 Å². The maximum Gasteiger partial charge on any atom is 0.202 e. The molecule has 0 aromatic carbocycles. The lowest BCUT2D eigenvalue weighted by atomic mass is 9.90. The highest BCUT2D eigenvalue weighted by molar-refractivity contribution is 7.09. The predicted octanol–water partition coefficient (Wildman–Crippen LogP) is 1.78. The van der Waals surface area contributed by atoms with E-state index in [9.17, 15) is 0 Å². The average molecular weight is 308 g/mol. The van der Waals surface area contributed by atoms with Gasteiger partial charge >= 0.3 is 0 Å². The predicted molar refractivity (Wildman–Crippen MR) is 80.1 cm³/mol. The van der Waals surface area contributed by atoms with Crippen LogP contribution in [0.2, 0.25) is 0 Å². The lowest BCUT2D eigenvalue weighted by molar-refractivity contribution is 0.276. The molecule has 0 bridgehead atoms. The lowest BCUT2D eigenvalue weighted by Gasteiger charge is -2.31. The van der Waals surface area contributed by atoms with E-state index in [0.717, 1.165) is 30.2 Å². The Labute approximate surface area is 127 Å². The summed E-state index contributed by atoms with van der Waals surface area (Å²) in [5.74, 6) is 0.887. The Balaban J connectivity index is 1.74. The van der Waals surface area contributed by atoms with Gasteiger partial charge in [-0.3, -0.25) is 0 Å². The van der Waals surface area contributed by atoms with E-state index in [-0.39, 0.29) is 18.7 Å². The fourth-order valence-corrected chi connectivity index (χ4v) is 3.47. The zero-order chi connectivity index (χ0) is 14.7. The number of aryl methyl sites for hydroxylation is 1. The Bertz CT molecular complexity index is 583. The number of aromatic nitrogens is 5. The summed E-state index contributed by atoms with van der Waals surface area (Å²) in [6, 6.07) is 0.533. The summed E-state index contributed by atoms with van der Waals surface area (Å²) in [5.41, 5.74) is 0.614. The van der Waals surface area contributed by atoms with Gasteiger partial charge in [0.25, 0.3) is 0 Å². The summed E-state index contributed by atoms with van der Waals surface area (Å²) in [6.07, 6.45) is 7.23. The van der Waals surface area contributed by atoms with Crippen molar-refractivity contribution in [1.29, 1.82) is 0 Å². The van der Waals surface area contributed by atoms with Crippen LogP contribution in [0.25, 0.3) is 0 Å². The molecule has 1 aliphatic carbocycles. The van der Waals surface area contributed by atoms with Crippen LogP contribution >= 0.6 is 11.5 Å². The number of aliphatic hydroxyl groups excluding tert-OH is 1. The van der Waals surface area contributed by atoms with Gasteiger partial charge in [-0.2, -0.15) is 4.37 Å². The Morgan fingerprint density at radius 2 is 2.29 bits per heavy atom. The van der Waals surface area contributed by atoms with Crippen molar-refractivity contribution >= 4 is 16.7 Å². The van der Waals surface area contributed by atoms with Crippen molar-refractivity contribution < 1.29 is 5.11 Å². The fourth-order valence-electron chi connectivity index (χ4n) is 2.76. The highest BCUT2D eigenvalue weighted by Crippen LogP contribution is 2.31. The lowest BCUT2D eigenvalue weighted by Crippen LogP contribution is -2.34. The van der Waals surface area contributed by atoms with Gasteiger partial charge in [0, 0.05) is 18.0 Å². The first-order valence-corrected chi connectivity index (χ1v) is 8.18. The Morgan fingerprint density at radius 3 is 3.00 bits per heavy atom. The van der Waals surface area contributed by atoms with Gasteiger partial charge in [0.15, 0.2) is 0 Å². The number of aliphatic hydroxyl groups is 1. The van der Waals surface area contributed by atoms with Gasteiger partial charge in [0.1, 0.15) is 11.5 Å². The topological polar surface area (TPSA) is 88.8 Å². The molecule has 21 heavy (non-hydrogen) atoms. The van der Waals surface area contributed by atoms with Crippen molar-refractivity contribution in [3.8, 4) is 0 Å². The fraction of sp³-hybridized carbons (Fsp3) is 0.692. The molecule has 0 aliphatic heterocycles. The molecule has 2 aromatic rings. The highest BCUT2D eigenvalue weighted by Gasteiger charge is 2.28. The molecule has 0 radical (unpaired) electrons. The van der Waals surface area contributed by atoms with Crippen LogP contribution in [-0.4, -0.2) is 35.5 Å². The van der Waals surface area contributed by atoms with Crippen molar-refractivity contribution in [2.24, 2.45) is 0 Å². The van der Waals surface area contributed by atoms with E-state index in [0.29, 0.717) is 5.69 Å². The van der Waals surface area contributed by atoms with Crippen molar-refractivity contribution in [2.75, 3.05) is 5.32 Å². The SMILES string of the molecule is CCc1nsc(N[C@H]2CCCC[C@H]2n2cc(CO)nn2)n1. The molecule has 2 N–H and O–H groups in total. The number of rotatable bonds is 5. The molecule has 0 saturated heterocycles. The van der Waals surface area contributed by atoms with E-state index >= 15 is 0 Å². The van der Waals surface area contributed by atoms with E-state index < -0.39 is 0 Å². The minimum atomic E-state index is -0.0684. The molecule has 2 aromatic heterocycles. The monoisotopic (exact) mass is 308 g/mol. The summed E-state index contributed by atoms with van der Waals surface area (Å²) < 4.78 is 6.19. The van der Waals surface area contributed by atoms with E-state index in [2.05, 4.69) is 31.9 Å². The molecule has 2 heterocycles. The molecular weight excluding hydrogens is 288 g/mol. The number of hydrogen-bond donors (Lipinski definition) is 2. The van der Waals surface area contributed by atoms with E-state index in [1.54, 1.807) is 0 Å². The third kappa shape index (κ3) is 3.21. The van der Waals surface area contributed by atoms with Gasteiger partial charge in [0.05, 0.1) is 24.9 Å². The van der Waals surface area contributed by atoms with Crippen LogP contribution in [0.15, 0.2) is 6.20 Å². The van der Waals surface area contributed by atoms with Crippen LogP contribution in [0.3, 0.4) is 0 Å². The summed E-state index contributed by atoms with van der Waals surface area (Å²) in [4.78, 5) is 4.48. The van der Waals surface area contributed by atoms with Gasteiger partial charge in [-0.05, 0) is 12.8 Å². The molecule has 7 nitrogen and oxygen atoms in total. The summed E-state index contributed by atoms with van der Waals surface area (Å²) >= 11 is 1.42. The average Bonchev–Trinajstić information content (AvgIpc) is 3.16. The van der Waals surface area contributed by atoms with E-state index in [4.69, 9.17) is 5.11 Å². The van der Waals surface area contributed by atoms with E-state index in [1.807, 2.05) is 10.9 Å². The van der Waals surface area contributed by atoms with Crippen LogP contribution < -0.4 is 5.32 Å². The Morgan fingerprint density at radius 1 is 1.43 bits per heavy atom. The minimum absolute atomic E-state index is 0.0684. The van der Waals surface area contributed by atoms with Gasteiger partial charge in [-0.15, -0.1) is 5.10 Å². The Kier molecular flexibility index (Phi) is 4.45. The van der Waals surface area contributed by atoms with Crippen LogP contribution in [0.4, 0.5) is 5.13 Å². The highest BCUT2D eigenvalue weighted by atomic mass is 32.1. The quantitative estimate of drug-likeness (QED) is 0.875. The van der Waals surface area contributed by atoms with Gasteiger partial charge in [-0.25, -0.2) is 9.67 Å². The molecule has 8 heteroatoms. The number of nitrogens with one attached hydrogen (secondary N) is 1. The molecule has 1 saturated carbocycles. The van der Waals surface area contributed by atoms with Gasteiger partial charge in [0.2, 0.25) is 5.13 Å². The number of anilines is 1. The summed E-state index contributed by atoms with van der Waals surface area (Å²) in [5, 5.41) is 21.7. The zero-order valence-corrected chi connectivity index (χ0v) is 12.9. The molecule has 3 rings (SSSR count). The summed E-state index contributed by atoms with van der Waals surface area (Å²) in [7, 11) is 0. The molecule has 2 atom stereocenters. The van der Waals surface area contributed by atoms with Crippen LogP contribution in [0.1, 0.15) is 50.2 Å². The van der Waals surface area contributed by atoms with Crippen molar-refractivity contribution in [2.45, 2.75) is 57.7 Å². The molecule has 1 fully saturated rings. The first-order chi connectivity index (χ1) is 10.3. The van der Waals surface area contributed by atoms with Crippen molar-refractivity contribution in [1.82, 2.24) is 24.4 Å². The largest absolute Gasteiger partial charge is 0.390 e. The Hall–Kier alpha value is -1.54. The minimum Gasteiger partial charge on any atom is -0.390 e. The second-order valence-electron chi connectivity index (χ2n) is 5.32. The number of hydrogen-bond acceptors (Lipinski definition) is 7. The van der Waals surface area contributed by atoms with Crippen molar-refractivity contribution in [3.63, 3.8) is 0 Å². The third-order valence-electron chi connectivity index (χ3n) is 3.88. The van der Waals surface area contributed by atoms with Crippen LogP contribution in [-0.2, 0) is 13.0 Å². The first-order valence-electron chi connectivity index (χ1n) is 7.41. The third-order valence-corrected chi connectivity index (χ3v) is 4.57. The van der Waals surface area contributed by atoms with E-state index in [1.165, 1.54) is 24.4 Å². The van der Waals surface area contributed by atoms with Crippen LogP contribution in [0, 0.1) is 0 Å². The second-order valence-corrected chi connectivity index (χ2v) is 6.07. The maximum atomic E-state index is 9.13. The number of nitrogens with zero attached hydrogens (tertiary/aromatic N) is 5. The normalized spacial score (nSPS) is 22.4. The molecule has 0 amide bonds. The second kappa shape index (κ2) is 6.48. The smallest absolute Gasteiger partial charge is 0.202 e. The molecule has 0 spiro atoms.